The number of amides is 1. The summed E-state index contributed by atoms with van der Waals surface area (Å²) in [6.07, 6.45) is 1.40. The quantitative estimate of drug-likeness (QED) is 0.199. The maximum absolute atomic E-state index is 12.5. The second-order valence-corrected chi connectivity index (χ2v) is 7.46. The number of carboxylic acid groups (broad SMARTS) is 1. The molecule has 0 unspecified atom stereocenters. The van der Waals surface area contributed by atoms with E-state index in [0.29, 0.717) is 16.7 Å². The third-order valence-corrected chi connectivity index (χ3v) is 5.11. The van der Waals surface area contributed by atoms with Crippen LogP contribution in [0.3, 0.4) is 0 Å². The molecule has 36 heavy (non-hydrogen) atoms. The zero-order valence-electron chi connectivity index (χ0n) is 18.8. The molecule has 0 aliphatic carbocycles. The van der Waals surface area contributed by atoms with Gasteiger partial charge in [0.1, 0.15) is 12.4 Å². The Morgan fingerprint density at radius 3 is 2.56 bits per heavy atom. The van der Waals surface area contributed by atoms with Crippen molar-refractivity contribution in [3.63, 3.8) is 0 Å². The minimum Gasteiger partial charge on any atom is -0.493 e. The Morgan fingerprint density at radius 1 is 1.11 bits per heavy atom. The van der Waals surface area contributed by atoms with Gasteiger partial charge in [0.15, 0.2) is 17.1 Å². The van der Waals surface area contributed by atoms with E-state index in [9.17, 15) is 19.7 Å². The molecule has 1 heterocycles. The third kappa shape index (κ3) is 5.30. The van der Waals surface area contributed by atoms with Gasteiger partial charge in [-0.2, -0.15) is 5.10 Å². The Balaban J connectivity index is 1.44. The highest BCUT2D eigenvalue weighted by Gasteiger charge is 2.19. The number of carbonyl (C=O) groups excluding carboxylic acids is 1. The number of carbonyl (C=O) groups is 2. The summed E-state index contributed by atoms with van der Waals surface area (Å²) in [6, 6.07) is 17.2. The number of methoxy groups -OCH3 is 1. The fourth-order valence-electron chi connectivity index (χ4n) is 3.31. The minimum atomic E-state index is -1.01. The van der Waals surface area contributed by atoms with Gasteiger partial charge < -0.3 is 19.0 Å². The molecule has 11 heteroatoms. The number of para-hydroxylation sites is 1. The molecule has 0 saturated carbocycles. The van der Waals surface area contributed by atoms with E-state index >= 15 is 0 Å². The Morgan fingerprint density at radius 2 is 1.86 bits per heavy atom. The highest BCUT2D eigenvalue weighted by atomic mass is 16.6. The maximum Gasteiger partial charge on any atom is 0.335 e. The topological polar surface area (TPSA) is 154 Å². The van der Waals surface area contributed by atoms with Crippen molar-refractivity contribution >= 4 is 34.7 Å². The molecule has 0 spiro atoms. The van der Waals surface area contributed by atoms with Crippen LogP contribution in [0.25, 0.3) is 11.0 Å². The van der Waals surface area contributed by atoms with Gasteiger partial charge in [-0.05, 0) is 35.9 Å². The van der Waals surface area contributed by atoms with Crippen molar-refractivity contribution in [3.05, 3.63) is 99.3 Å². The number of hydrazone groups is 1. The second kappa shape index (κ2) is 10.4. The summed E-state index contributed by atoms with van der Waals surface area (Å²) in [5.74, 6) is -1.14. The molecule has 0 saturated heterocycles. The first-order valence-corrected chi connectivity index (χ1v) is 10.5. The van der Waals surface area contributed by atoms with E-state index in [1.54, 1.807) is 36.4 Å². The van der Waals surface area contributed by atoms with E-state index in [2.05, 4.69) is 10.5 Å². The number of rotatable bonds is 9. The first-order chi connectivity index (χ1) is 17.4. The highest BCUT2D eigenvalue weighted by Crippen LogP contribution is 2.33. The van der Waals surface area contributed by atoms with Gasteiger partial charge in [0.05, 0.1) is 29.9 Å². The number of fused-ring (bicyclic) bond motifs is 1. The number of nitrogens with zero attached hydrogens (tertiary/aromatic N) is 2. The van der Waals surface area contributed by atoms with Crippen LogP contribution in [0.1, 0.15) is 32.0 Å². The van der Waals surface area contributed by atoms with Gasteiger partial charge in [0, 0.05) is 17.0 Å². The third-order valence-electron chi connectivity index (χ3n) is 5.11. The fraction of sp³-hybridized carbons (Fsp3) is 0.0800. The molecule has 0 aliphatic heterocycles. The number of benzene rings is 3. The molecule has 1 amide bonds. The molecular formula is C25H19N3O8. The molecule has 3 aromatic carbocycles. The lowest BCUT2D eigenvalue weighted by Crippen LogP contribution is -2.16. The van der Waals surface area contributed by atoms with Crippen LogP contribution in [0.2, 0.25) is 0 Å². The van der Waals surface area contributed by atoms with Gasteiger partial charge in [-0.3, -0.25) is 14.9 Å². The van der Waals surface area contributed by atoms with Gasteiger partial charge in [-0.25, -0.2) is 10.2 Å². The summed E-state index contributed by atoms with van der Waals surface area (Å²) >= 11 is 0. The summed E-state index contributed by atoms with van der Waals surface area (Å²) in [5.41, 5.74) is 3.91. The summed E-state index contributed by atoms with van der Waals surface area (Å²) in [4.78, 5) is 34.0. The van der Waals surface area contributed by atoms with E-state index in [4.69, 9.17) is 19.0 Å². The van der Waals surface area contributed by atoms with Gasteiger partial charge in [-0.1, -0.05) is 24.3 Å². The number of furan rings is 1. The lowest BCUT2D eigenvalue weighted by Gasteiger charge is -2.09. The molecule has 2 N–H and O–H groups in total. The van der Waals surface area contributed by atoms with Crippen LogP contribution < -0.4 is 14.9 Å². The van der Waals surface area contributed by atoms with Crippen LogP contribution in [-0.2, 0) is 6.61 Å². The van der Waals surface area contributed by atoms with Crippen molar-refractivity contribution in [2.45, 2.75) is 6.61 Å². The van der Waals surface area contributed by atoms with Crippen LogP contribution in [0.5, 0.6) is 11.5 Å². The van der Waals surface area contributed by atoms with E-state index in [1.807, 2.05) is 0 Å². The Labute approximate surface area is 203 Å². The molecule has 0 bridgehead atoms. The van der Waals surface area contributed by atoms with Crippen LogP contribution >= 0.6 is 0 Å². The molecule has 182 valence electrons. The van der Waals surface area contributed by atoms with E-state index < -0.39 is 16.8 Å². The smallest absolute Gasteiger partial charge is 0.335 e. The SMILES string of the molecule is COc1cc([N+](=O)[O-])cc2cc(C(=O)N/N=C\c3ccccc3OCc3ccc(C(=O)O)cc3)oc12. The number of ether oxygens (including phenoxy) is 2. The number of nitro groups is 1. The van der Waals surface area contributed by atoms with Crippen molar-refractivity contribution in [1.29, 1.82) is 0 Å². The van der Waals surface area contributed by atoms with E-state index in [0.717, 1.165) is 5.56 Å². The van der Waals surface area contributed by atoms with E-state index in [1.165, 1.54) is 43.7 Å². The lowest BCUT2D eigenvalue weighted by atomic mass is 10.1. The van der Waals surface area contributed by atoms with Crippen molar-refractivity contribution < 1.29 is 33.5 Å². The van der Waals surface area contributed by atoms with E-state index in [-0.39, 0.29) is 35.0 Å². The highest BCUT2D eigenvalue weighted by molar-refractivity contribution is 5.98. The van der Waals surface area contributed by atoms with Crippen LogP contribution in [0, 0.1) is 10.1 Å². The second-order valence-electron chi connectivity index (χ2n) is 7.46. The average molecular weight is 489 g/mol. The predicted octanol–water partition coefficient (Wildman–Crippen LogP) is 4.39. The molecule has 0 atom stereocenters. The fourth-order valence-corrected chi connectivity index (χ4v) is 3.31. The molecular weight excluding hydrogens is 470 g/mol. The number of aromatic carboxylic acids is 1. The lowest BCUT2D eigenvalue weighted by molar-refractivity contribution is -0.384. The molecule has 11 nitrogen and oxygen atoms in total. The zero-order chi connectivity index (χ0) is 25.7. The molecule has 4 aromatic rings. The average Bonchev–Trinajstić information content (AvgIpc) is 3.32. The van der Waals surface area contributed by atoms with Gasteiger partial charge >= 0.3 is 11.9 Å². The number of hydrogen-bond acceptors (Lipinski definition) is 8. The Hall–Kier alpha value is -5.19. The molecule has 1 aromatic heterocycles. The molecule has 0 fully saturated rings. The standard InChI is InChI=1S/C25H19N3O8/c1-34-21-12-19(28(32)33)10-18-11-22(36-23(18)21)24(29)27-26-13-17-4-2-3-5-20(17)35-14-15-6-8-16(9-7-15)25(30)31/h2-13H,14H2,1H3,(H,27,29)(H,30,31)/b26-13-. The van der Waals surface area contributed by atoms with Crippen molar-refractivity contribution in [3.8, 4) is 11.5 Å². The normalized spacial score (nSPS) is 10.9. The summed E-state index contributed by atoms with van der Waals surface area (Å²) in [7, 11) is 1.34. The number of nitro benzene ring substituents is 1. The van der Waals surface area contributed by atoms with Gasteiger partial charge in [0.2, 0.25) is 0 Å². The minimum absolute atomic E-state index is 0.102. The van der Waals surface area contributed by atoms with Crippen molar-refractivity contribution in [2.75, 3.05) is 7.11 Å². The van der Waals surface area contributed by atoms with Crippen molar-refractivity contribution in [2.24, 2.45) is 5.10 Å². The van der Waals surface area contributed by atoms with Gasteiger partial charge in [-0.15, -0.1) is 0 Å². The number of non-ortho nitro benzene ring substituents is 1. The number of carboxylic acids is 1. The van der Waals surface area contributed by atoms with Crippen LogP contribution in [-0.4, -0.2) is 35.2 Å². The monoisotopic (exact) mass is 489 g/mol. The first kappa shape index (κ1) is 24.0. The van der Waals surface area contributed by atoms with Crippen molar-refractivity contribution in [1.82, 2.24) is 5.43 Å². The zero-order valence-corrected chi connectivity index (χ0v) is 18.8. The number of nitrogens with one attached hydrogen (secondary N) is 1. The van der Waals surface area contributed by atoms with Crippen LogP contribution in [0.15, 0.2) is 76.2 Å². The van der Waals surface area contributed by atoms with Gasteiger partial charge in [0.25, 0.3) is 5.69 Å². The first-order valence-electron chi connectivity index (χ1n) is 10.5. The Bertz CT molecular complexity index is 1470. The Kier molecular flexibility index (Phi) is 6.91. The maximum atomic E-state index is 12.5. The molecule has 4 rings (SSSR count). The number of hydrogen-bond donors (Lipinski definition) is 2. The van der Waals surface area contributed by atoms with Crippen LogP contribution in [0.4, 0.5) is 5.69 Å². The summed E-state index contributed by atoms with van der Waals surface area (Å²) in [6.45, 7) is 0.198. The predicted molar refractivity (Wildman–Crippen MR) is 129 cm³/mol. The molecule has 0 radical (unpaired) electrons. The molecule has 0 aliphatic rings. The summed E-state index contributed by atoms with van der Waals surface area (Å²) in [5, 5.41) is 24.4. The summed E-state index contributed by atoms with van der Waals surface area (Å²) < 4.78 is 16.5. The largest absolute Gasteiger partial charge is 0.493 e.